The first-order chi connectivity index (χ1) is 14.7. The number of fused-ring (bicyclic) bond motifs is 1. The van der Waals surface area contributed by atoms with Crippen LogP contribution in [0.2, 0.25) is 0 Å². The van der Waals surface area contributed by atoms with Gasteiger partial charge in [-0.3, -0.25) is 14.5 Å². The summed E-state index contributed by atoms with van der Waals surface area (Å²) in [6.07, 6.45) is 1.28. The van der Waals surface area contributed by atoms with Gasteiger partial charge in [-0.05, 0) is 55.5 Å². The molecule has 0 spiro atoms. The highest BCUT2D eigenvalue weighted by atomic mass is 16.5. The van der Waals surface area contributed by atoms with Crippen LogP contribution in [0, 0.1) is 5.41 Å². The van der Waals surface area contributed by atoms with Crippen molar-refractivity contribution in [3.8, 4) is 5.75 Å². The topological polar surface area (TPSA) is 58.6 Å². The number of carbonyl (C=O) groups is 2. The molecule has 2 aliphatic rings. The summed E-state index contributed by atoms with van der Waals surface area (Å²) < 4.78 is 5.79. The first-order valence-corrected chi connectivity index (χ1v) is 10.8. The van der Waals surface area contributed by atoms with Gasteiger partial charge in [0.25, 0.3) is 0 Å². The lowest BCUT2D eigenvalue weighted by atomic mass is 9.73. The van der Waals surface area contributed by atoms with Crippen molar-refractivity contribution in [3.63, 3.8) is 0 Å². The van der Waals surface area contributed by atoms with Crippen LogP contribution >= 0.6 is 0 Å². The Balaban J connectivity index is 1.91. The molecule has 1 aliphatic heterocycles. The molecule has 1 aliphatic carbocycles. The van der Waals surface area contributed by atoms with Gasteiger partial charge < -0.3 is 10.1 Å². The lowest BCUT2D eigenvalue weighted by molar-refractivity contribution is -0.118. The third kappa shape index (κ3) is 4.09. The molecule has 1 atom stereocenters. The van der Waals surface area contributed by atoms with Crippen LogP contribution in [0.25, 0.3) is 0 Å². The third-order valence-corrected chi connectivity index (χ3v) is 5.81. The number of nitrogens with zero attached hydrogens (tertiary/aromatic N) is 1. The molecule has 162 valence electrons. The number of hydrogen-bond acceptors (Lipinski definition) is 4. The molecule has 2 aromatic rings. The highest BCUT2D eigenvalue weighted by Crippen LogP contribution is 2.48. The summed E-state index contributed by atoms with van der Waals surface area (Å²) in [5, 5.41) is 3.51. The van der Waals surface area contributed by atoms with Gasteiger partial charge in [0, 0.05) is 24.6 Å². The summed E-state index contributed by atoms with van der Waals surface area (Å²) in [7, 11) is 0. The van der Waals surface area contributed by atoms with E-state index in [0.717, 1.165) is 34.8 Å². The molecule has 5 heteroatoms. The van der Waals surface area contributed by atoms with Gasteiger partial charge in [0.05, 0.1) is 23.5 Å². The molecular weight excluding hydrogens is 388 g/mol. The maximum atomic E-state index is 13.5. The van der Waals surface area contributed by atoms with E-state index in [-0.39, 0.29) is 23.2 Å². The molecule has 0 unspecified atom stereocenters. The van der Waals surface area contributed by atoms with E-state index in [1.54, 1.807) is 11.8 Å². The van der Waals surface area contributed by atoms with E-state index >= 15 is 0 Å². The van der Waals surface area contributed by atoms with Crippen molar-refractivity contribution in [2.75, 3.05) is 10.2 Å². The Hall–Kier alpha value is -3.08. The maximum Gasteiger partial charge on any atom is 0.224 e. The van der Waals surface area contributed by atoms with Crippen molar-refractivity contribution < 1.29 is 14.3 Å². The predicted octanol–water partition coefficient (Wildman–Crippen LogP) is 5.64. The summed E-state index contributed by atoms with van der Waals surface area (Å²) in [5.74, 6) is 0.754. The number of carbonyl (C=O) groups excluding carboxylic acids is 2. The Morgan fingerprint density at radius 2 is 1.77 bits per heavy atom. The van der Waals surface area contributed by atoms with Gasteiger partial charge >= 0.3 is 0 Å². The SMILES string of the molecule is CC(=O)N1c2ccccc2NC2=C(C(=O)CC(C)(C)C2)[C@H]1c1ccc(OC(C)C)cc1. The van der Waals surface area contributed by atoms with Crippen LogP contribution in [-0.2, 0) is 9.59 Å². The fraction of sp³-hybridized carbons (Fsp3) is 0.385. The van der Waals surface area contributed by atoms with Gasteiger partial charge in [-0.15, -0.1) is 0 Å². The van der Waals surface area contributed by atoms with Crippen LogP contribution in [0.5, 0.6) is 5.75 Å². The van der Waals surface area contributed by atoms with E-state index in [1.165, 1.54) is 0 Å². The first-order valence-electron chi connectivity index (χ1n) is 10.8. The molecule has 0 fully saturated rings. The van der Waals surface area contributed by atoms with Gasteiger partial charge in [0.1, 0.15) is 5.75 Å². The molecular formula is C26H30N2O3. The van der Waals surface area contributed by atoms with E-state index in [2.05, 4.69) is 19.2 Å². The number of hydrogen-bond donors (Lipinski definition) is 1. The second kappa shape index (κ2) is 7.88. The highest BCUT2D eigenvalue weighted by molar-refractivity contribution is 6.05. The number of allylic oxidation sites excluding steroid dienone is 1. The predicted molar refractivity (Wildman–Crippen MR) is 123 cm³/mol. The van der Waals surface area contributed by atoms with Crippen LogP contribution in [-0.4, -0.2) is 17.8 Å². The Morgan fingerprint density at radius 3 is 2.42 bits per heavy atom. The van der Waals surface area contributed by atoms with Crippen LogP contribution in [0.15, 0.2) is 59.8 Å². The Labute approximate surface area is 184 Å². The van der Waals surface area contributed by atoms with Crippen molar-refractivity contribution in [1.29, 1.82) is 0 Å². The van der Waals surface area contributed by atoms with Crippen LogP contribution in [0.4, 0.5) is 11.4 Å². The number of ether oxygens (including phenoxy) is 1. The van der Waals surface area contributed by atoms with E-state index < -0.39 is 6.04 Å². The standard InChI is InChI=1S/C26H30N2O3/c1-16(2)31-19-12-10-18(11-13-19)25-24-21(14-26(4,5)15-23(24)30)27-20-8-6-7-9-22(20)28(25)17(3)29/h6-13,16,25,27H,14-15H2,1-5H3/t25-/m1/s1. The molecule has 1 amide bonds. The zero-order valence-corrected chi connectivity index (χ0v) is 18.9. The lowest BCUT2D eigenvalue weighted by Gasteiger charge is -2.36. The summed E-state index contributed by atoms with van der Waals surface area (Å²) in [4.78, 5) is 28.2. The number of benzene rings is 2. The summed E-state index contributed by atoms with van der Waals surface area (Å²) in [6.45, 7) is 9.76. The van der Waals surface area contributed by atoms with Crippen LogP contribution in [0.3, 0.4) is 0 Å². The molecule has 1 N–H and O–H groups in total. The number of ketones is 1. The molecule has 0 saturated carbocycles. The fourth-order valence-electron chi connectivity index (χ4n) is 4.65. The molecule has 0 saturated heterocycles. The van der Waals surface area contributed by atoms with Gasteiger partial charge in [0.2, 0.25) is 5.91 Å². The van der Waals surface area contributed by atoms with Crippen molar-refractivity contribution in [1.82, 2.24) is 0 Å². The second-order valence-corrected chi connectivity index (χ2v) is 9.50. The number of para-hydroxylation sites is 2. The van der Waals surface area contributed by atoms with Crippen molar-refractivity contribution >= 4 is 23.1 Å². The van der Waals surface area contributed by atoms with Crippen molar-refractivity contribution in [3.05, 3.63) is 65.4 Å². The normalized spacial score (nSPS) is 20.0. The number of Topliss-reactive ketones (excluding diaryl/α,β-unsaturated/α-hetero) is 1. The minimum absolute atomic E-state index is 0.0741. The molecule has 5 nitrogen and oxygen atoms in total. The largest absolute Gasteiger partial charge is 0.491 e. The molecule has 1 heterocycles. The molecule has 2 aromatic carbocycles. The Morgan fingerprint density at radius 1 is 1.10 bits per heavy atom. The van der Waals surface area contributed by atoms with E-state index in [0.29, 0.717) is 12.0 Å². The highest BCUT2D eigenvalue weighted by Gasteiger charge is 2.42. The first kappa shape index (κ1) is 21.2. The fourth-order valence-corrected chi connectivity index (χ4v) is 4.65. The van der Waals surface area contributed by atoms with Crippen LogP contribution in [0.1, 0.15) is 59.1 Å². The summed E-state index contributed by atoms with van der Waals surface area (Å²) in [5.41, 5.74) is 3.97. The average molecular weight is 419 g/mol. The van der Waals surface area contributed by atoms with E-state index in [4.69, 9.17) is 4.74 Å². The minimum atomic E-state index is -0.486. The molecule has 0 bridgehead atoms. The Bertz CT molecular complexity index is 1050. The van der Waals surface area contributed by atoms with E-state index in [9.17, 15) is 9.59 Å². The summed E-state index contributed by atoms with van der Waals surface area (Å²) in [6, 6.07) is 15.0. The Kier molecular flexibility index (Phi) is 5.38. The molecule has 4 rings (SSSR count). The minimum Gasteiger partial charge on any atom is -0.491 e. The maximum absolute atomic E-state index is 13.5. The molecule has 0 radical (unpaired) electrons. The smallest absolute Gasteiger partial charge is 0.224 e. The number of nitrogens with one attached hydrogen (secondary N) is 1. The monoisotopic (exact) mass is 418 g/mol. The number of anilines is 2. The van der Waals surface area contributed by atoms with Gasteiger partial charge in [-0.1, -0.05) is 38.1 Å². The molecule has 0 aromatic heterocycles. The van der Waals surface area contributed by atoms with Crippen LogP contribution < -0.4 is 15.0 Å². The zero-order valence-electron chi connectivity index (χ0n) is 18.9. The number of amides is 1. The third-order valence-electron chi connectivity index (χ3n) is 5.81. The lowest BCUT2D eigenvalue weighted by Crippen LogP contribution is -2.38. The van der Waals surface area contributed by atoms with E-state index in [1.807, 2.05) is 62.4 Å². The van der Waals surface area contributed by atoms with Crippen molar-refractivity contribution in [2.45, 2.75) is 59.6 Å². The summed E-state index contributed by atoms with van der Waals surface area (Å²) >= 11 is 0. The average Bonchev–Trinajstić information content (AvgIpc) is 2.81. The van der Waals surface area contributed by atoms with Gasteiger partial charge in [0.15, 0.2) is 5.78 Å². The zero-order chi connectivity index (χ0) is 22.3. The number of rotatable bonds is 3. The van der Waals surface area contributed by atoms with Gasteiger partial charge in [-0.25, -0.2) is 0 Å². The quantitative estimate of drug-likeness (QED) is 0.701. The second-order valence-electron chi connectivity index (χ2n) is 9.50. The van der Waals surface area contributed by atoms with Crippen molar-refractivity contribution in [2.24, 2.45) is 5.41 Å². The van der Waals surface area contributed by atoms with Gasteiger partial charge in [-0.2, -0.15) is 0 Å². The molecule has 31 heavy (non-hydrogen) atoms.